The quantitative estimate of drug-likeness (QED) is 0.655. The molecule has 0 aliphatic heterocycles. The number of aliphatic imine (C=N–C) groups is 1. The largest absolute Gasteiger partial charge is 0.384 e. The van der Waals surface area contributed by atoms with E-state index in [0.29, 0.717) is 5.56 Å². The number of halogens is 1. The van der Waals surface area contributed by atoms with Gasteiger partial charge in [-0.05, 0) is 35.9 Å². The summed E-state index contributed by atoms with van der Waals surface area (Å²) >= 11 is 0. The van der Waals surface area contributed by atoms with Crippen molar-refractivity contribution in [1.82, 2.24) is 4.98 Å². The van der Waals surface area contributed by atoms with E-state index in [-0.39, 0.29) is 18.1 Å². The molecule has 22 heavy (non-hydrogen) atoms. The van der Waals surface area contributed by atoms with Gasteiger partial charge in [0.2, 0.25) is 0 Å². The van der Waals surface area contributed by atoms with Gasteiger partial charge in [0.25, 0.3) is 5.91 Å². The van der Waals surface area contributed by atoms with Gasteiger partial charge in [-0.1, -0.05) is 12.1 Å². The molecule has 0 spiro atoms. The molecule has 5 nitrogen and oxygen atoms in total. The lowest BCUT2D eigenvalue weighted by Gasteiger charge is -1.99. The molecule has 0 saturated carbocycles. The first-order valence-electron chi connectivity index (χ1n) is 6.58. The van der Waals surface area contributed by atoms with E-state index in [4.69, 9.17) is 5.73 Å². The zero-order valence-electron chi connectivity index (χ0n) is 11.7. The van der Waals surface area contributed by atoms with Crippen LogP contribution < -0.4 is 11.1 Å². The zero-order valence-corrected chi connectivity index (χ0v) is 11.7. The average Bonchev–Trinajstić information content (AvgIpc) is 2.50. The van der Waals surface area contributed by atoms with Gasteiger partial charge in [-0.3, -0.25) is 9.78 Å². The van der Waals surface area contributed by atoms with Gasteiger partial charge in [0.15, 0.2) is 0 Å². The van der Waals surface area contributed by atoms with E-state index in [1.54, 1.807) is 42.9 Å². The summed E-state index contributed by atoms with van der Waals surface area (Å²) in [5, 5.41) is 2.97. The molecule has 1 aromatic carbocycles. The third-order valence-electron chi connectivity index (χ3n) is 2.71. The van der Waals surface area contributed by atoms with Crippen LogP contribution in [0.25, 0.3) is 0 Å². The first kappa shape index (κ1) is 15.4. The lowest BCUT2D eigenvalue weighted by Crippen LogP contribution is -2.12. The molecule has 2 aromatic rings. The molecule has 1 amide bonds. The Hall–Kier alpha value is -3.02. The van der Waals surface area contributed by atoms with Gasteiger partial charge in [0.1, 0.15) is 11.7 Å². The van der Waals surface area contributed by atoms with Crippen LogP contribution in [-0.4, -0.2) is 16.7 Å². The minimum Gasteiger partial charge on any atom is -0.384 e. The predicted molar refractivity (Wildman–Crippen MR) is 83.7 cm³/mol. The monoisotopic (exact) mass is 298 g/mol. The Morgan fingerprint density at radius 1 is 1.23 bits per heavy atom. The Balaban J connectivity index is 1.88. The summed E-state index contributed by atoms with van der Waals surface area (Å²) in [5.41, 5.74) is 7.17. The number of carbonyl (C=O) groups excluding carboxylic acids is 1. The number of aromatic nitrogens is 1. The maximum absolute atomic E-state index is 12.8. The average molecular weight is 298 g/mol. The van der Waals surface area contributed by atoms with Crippen LogP contribution in [0.1, 0.15) is 5.56 Å². The molecule has 0 fully saturated rings. The van der Waals surface area contributed by atoms with Crippen LogP contribution in [0.4, 0.5) is 10.1 Å². The molecule has 1 aromatic heterocycles. The van der Waals surface area contributed by atoms with Crippen LogP contribution in [-0.2, 0) is 11.2 Å². The Kier molecular flexibility index (Phi) is 5.37. The molecular formula is C16H15FN4O. The summed E-state index contributed by atoms with van der Waals surface area (Å²) in [5.74, 6) is -0.643. The van der Waals surface area contributed by atoms with Crippen molar-refractivity contribution in [2.45, 2.75) is 6.42 Å². The van der Waals surface area contributed by atoms with E-state index >= 15 is 0 Å². The van der Waals surface area contributed by atoms with Gasteiger partial charge < -0.3 is 11.1 Å². The number of amides is 1. The topological polar surface area (TPSA) is 80.4 Å². The molecule has 0 atom stereocenters. The van der Waals surface area contributed by atoms with Crippen molar-refractivity contribution in [1.29, 1.82) is 0 Å². The van der Waals surface area contributed by atoms with E-state index < -0.39 is 5.91 Å². The predicted octanol–water partition coefficient (Wildman–Crippen LogP) is 2.27. The van der Waals surface area contributed by atoms with Gasteiger partial charge in [-0.25, -0.2) is 4.39 Å². The number of amidine groups is 1. The van der Waals surface area contributed by atoms with E-state index in [1.165, 1.54) is 18.2 Å². The number of rotatable bonds is 5. The van der Waals surface area contributed by atoms with Crippen molar-refractivity contribution >= 4 is 17.4 Å². The molecule has 0 aliphatic rings. The lowest BCUT2D eigenvalue weighted by atomic mass is 10.1. The number of hydrogen-bond donors (Lipinski definition) is 2. The summed E-state index contributed by atoms with van der Waals surface area (Å²) in [6.45, 7) is 0. The molecule has 112 valence electrons. The van der Waals surface area contributed by atoms with Crippen molar-refractivity contribution in [3.63, 3.8) is 0 Å². The minimum atomic E-state index is -0.391. The Morgan fingerprint density at radius 2 is 1.91 bits per heavy atom. The van der Waals surface area contributed by atoms with Crippen LogP contribution in [0.2, 0.25) is 0 Å². The SMILES string of the molecule is NC(/C=C\Nc1ccncc1)=NC(=O)Cc1ccc(F)cc1. The Labute approximate surface area is 127 Å². The molecule has 0 bridgehead atoms. The maximum Gasteiger partial charge on any atom is 0.252 e. The Bertz CT molecular complexity index is 681. The second-order valence-electron chi connectivity index (χ2n) is 4.45. The molecule has 0 saturated heterocycles. The Morgan fingerprint density at radius 3 is 2.59 bits per heavy atom. The first-order chi connectivity index (χ1) is 10.6. The number of nitrogens with two attached hydrogens (primary N) is 1. The van der Waals surface area contributed by atoms with Crippen LogP contribution in [0.15, 0.2) is 66.1 Å². The van der Waals surface area contributed by atoms with Gasteiger partial charge in [-0.2, -0.15) is 4.99 Å². The third kappa shape index (κ3) is 5.16. The molecule has 2 rings (SSSR count). The van der Waals surface area contributed by atoms with Crippen molar-refractivity contribution in [3.8, 4) is 0 Å². The molecule has 0 radical (unpaired) electrons. The highest BCUT2D eigenvalue weighted by atomic mass is 19.1. The van der Waals surface area contributed by atoms with Crippen LogP contribution >= 0.6 is 0 Å². The van der Waals surface area contributed by atoms with Crippen molar-refractivity contribution in [2.24, 2.45) is 10.7 Å². The lowest BCUT2D eigenvalue weighted by molar-refractivity contribution is -0.117. The molecular weight excluding hydrogens is 283 g/mol. The van der Waals surface area contributed by atoms with Crippen LogP contribution in [0, 0.1) is 5.82 Å². The number of anilines is 1. The summed E-state index contributed by atoms with van der Waals surface area (Å²) in [6, 6.07) is 9.26. The maximum atomic E-state index is 12.8. The highest BCUT2D eigenvalue weighted by Gasteiger charge is 2.02. The molecule has 0 aliphatic carbocycles. The zero-order chi connectivity index (χ0) is 15.8. The summed E-state index contributed by atoms with van der Waals surface area (Å²) in [6.07, 6.45) is 6.45. The fourth-order valence-electron chi connectivity index (χ4n) is 1.67. The highest BCUT2D eigenvalue weighted by molar-refractivity contribution is 6.00. The molecule has 6 heteroatoms. The summed E-state index contributed by atoms with van der Waals surface area (Å²) in [7, 11) is 0. The van der Waals surface area contributed by atoms with Crippen LogP contribution in [0.3, 0.4) is 0 Å². The second-order valence-corrected chi connectivity index (χ2v) is 4.45. The van der Waals surface area contributed by atoms with E-state index in [0.717, 1.165) is 5.69 Å². The smallest absolute Gasteiger partial charge is 0.252 e. The van der Waals surface area contributed by atoms with Crippen molar-refractivity contribution in [3.05, 3.63) is 72.4 Å². The van der Waals surface area contributed by atoms with Gasteiger partial charge in [0, 0.05) is 24.3 Å². The van der Waals surface area contributed by atoms with Gasteiger partial charge in [0.05, 0.1) is 6.42 Å². The second kappa shape index (κ2) is 7.68. The van der Waals surface area contributed by atoms with Crippen molar-refractivity contribution < 1.29 is 9.18 Å². The normalized spacial score (nSPS) is 11.6. The molecule has 0 unspecified atom stereocenters. The number of carbonyl (C=O) groups is 1. The minimum absolute atomic E-state index is 0.0760. The summed E-state index contributed by atoms with van der Waals surface area (Å²) < 4.78 is 12.8. The standard InChI is InChI=1S/C16H15FN4O/c17-13-3-1-12(2-4-13)11-16(22)21-15(18)7-10-20-14-5-8-19-9-6-14/h1-10H,11H2,(H,19,20)(H2,18,21,22)/b10-7-. The summed E-state index contributed by atoms with van der Waals surface area (Å²) in [4.78, 5) is 19.4. The number of nitrogens with one attached hydrogen (secondary N) is 1. The number of benzene rings is 1. The van der Waals surface area contributed by atoms with E-state index in [1.807, 2.05) is 0 Å². The first-order valence-corrected chi connectivity index (χ1v) is 6.58. The van der Waals surface area contributed by atoms with Gasteiger partial charge in [-0.15, -0.1) is 0 Å². The highest BCUT2D eigenvalue weighted by Crippen LogP contribution is 2.04. The van der Waals surface area contributed by atoms with Crippen LogP contribution in [0.5, 0.6) is 0 Å². The molecule has 3 N–H and O–H groups in total. The number of hydrogen-bond acceptors (Lipinski definition) is 3. The van der Waals surface area contributed by atoms with E-state index in [2.05, 4.69) is 15.3 Å². The number of nitrogens with zero attached hydrogens (tertiary/aromatic N) is 2. The van der Waals surface area contributed by atoms with Crippen molar-refractivity contribution in [2.75, 3.05) is 5.32 Å². The fraction of sp³-hybridized carbons (Fsp3) is 0.0625. The number of pyridine rings is 1. The van der Waals surface area contributed by atoms with Gasteiger partial charge >= 0.3 is 0 Å². The molecule has 1 heterocycles. The third-order valence-corrected chi connectivity index (χ3v) is 2.71. The fourth-order valence-corrected chi connectivity index (χ4v) is 1.67. The van der Waals surface area contributed by atoms with E-state index in [9.17, 15) is 9.18 Å².